The van der Waals surface area contributed by atoms with E-state index in [-0.39, 0.29) is 21.9 Å². The topological polar surface area (TPSA) is 95.5 Å². The molecule has 144 valence electrons. The zero-order chi connectivity index (χ0) is 19.9. The van der Waals surface area contributed by atoms with Crippen molar-refractivity contribution >= 4 is 35.1 Å². The van der Waals surface area contributed by atoms with Crippen LogP contribution in [0.3, 0.4) is 0 Å². The molecule has 0 heterocycles. The predicted octanol–water partition coefficient (Wildman–Crippen LogP) is 4.09. The van der Waals surface area contributed by atoms with Crippen molar-refractivity contribution in [3.05, 3.63) is 28.8 Å². The second kappa shape index (κ2) is 9.57. The maximum atomic E-state index is 12.4. The third-order valence-electron chi connectivity index (χ3n) is 3.64. The Labute approximate surface area is 159 Å². The minimum Gasteiger partial charge on any atom is -0.480 e. The maximum absolute atomic E-state index is 12.4. The van der Waals surface area contributed by atoms with E-state index < -0.39 is 17.9 Å². The fourth-order valence-electron chi connectivity index (χ4n) is 2.37. The summed E-state index contributed by atoms with van der Waals surface area (Å²) in [6, 6.07) is 3.59. The van der Waals surface area contributed by atoms with Crippen LogP contribution >= 0.6 is 11.6 Å². The molecule has 0 aliphatic heterocycles. The molecule has 0 saturated heterocycles. The van der Waals surface area contributed by atoms with Gasteiger partial charge in [-0.25, -0.2) is 4.79 Å². The summed E-state index contributed by atoms with van der Waals surface area (Å²) in [5, 5.41) is 14.7. The largest absolute Gasteiger partial charge is 0.480 e. The highest BCUT2D eigenvalue weighted by atomic mass is 35.5. The molecular formula is C19H27ClN2O4. The van der Waals surface area contributed by atoms with Crippen molar-refractivity contribution in [3.63, 3.8) is 0 Å². The second-order valence-electron chi connectivity index (χ2n) is 7.49. The molecule has 0 radical (unpaired) electrons. The van der Waals surface area contributed by atoms with Crippen LogP contribution in [0.1, 0.15) is 63.7 Å². The minimum absolute atomic E-state index is 0.128. The number of carboxylic acid groups (broad SMARTS) is 1. The van der Waals surface area contributed by atoms with Crippen LogP contribution in [0, 0.1) is 5.41 Å². The lowest BCUT2D eigenvalue weighted by molar-refractivity contribution is -0.139. The number of halogens is 1. The lowest BCUT2D eigenvalue weighted by atomic mass is 9.92. The molecule has 0 bridgehead atoms. The molecule has 0 fully saturated rings. The van der Waals surface area contributed by atoms with Crippen molar-refractivity contribution in [3.8, 4) is 0 Å². The molecule has 7 heteroatoms. The molecule has 6 nitrogen and oxygen atoms in total. The van der Waals surface area contributed by atoms with Crippen LogP contribution in [0.5, 0.6) is 0 Å². The number of amides is 2. The Morgan fingerprint density at radius 1 is 1.23 bits per heavy atom. The van der Waals surface area contributed by atoms with Crippen molar-refractivity contribution < 1.29 is 19.5 Å². The molecule has 2 amide bonds. The number of benzene rings is 1. The molecule has 1 aromatic rings. The maximum Gasteiger partial charge on any atom is 0.326 e. The Bertz CT molecular complexity index is 668. The molecular weight excluding hydrogens is 356 g/mol. The Morgan fingerprint density at radius 3 is 2.42 bits per heavy atom. The van der Waals surface area contributed by atoms with E-state index in [4.69, 9.17) is 11.6 Å². The lowest BCUT2D eigenvalue weighted by Crippen LogP contribution is -2.40. The Morgan fingerprint density at radius 2 is 1.88 bits per heavy atom. The SMILES string of the molecule is CCCC[C@H](NC(=O)c1cc(NC(=O)CC(C)(C)C)ccc1Cl)C(=O)O. The van der Waals surface area contributed by atoms with Crippen molar-refractivity contribution in [1.29, 1.82) is 0 Å². The zero-order valence-corrected chi connectivity index (χ0v) is 16.4. The van der Waals surface area contributed by atoms with Gasteiger partial charge in [-0.2, -0.15) is 0 Å². The molecule has 1 rings (SSSR count). The molecule has 3 N–H and O–H groups in total. The Balaban J connectivity index is 2.90. The average Bonchev–Trinajstić information content (AvgIpc) is 2.50. The van der Waals surface area contributed by atoms with Crippen molar-refractivity contribution in [1.82, 2.24) is 5.32 Å². The van der Waals surface area contributed by atoms with Crippen LogP contribution in [-0.4, -0.2) is 28.9 Å². The number of unbranched alkanes of at least 4 members (excludes halogenated alkanes) is 1. The van der Waals surface area contributed by atoms with Gasteiger partial charge in [-0.3, -0.25) is 9.59 Å². The first kappa shape index (κ1) is 22.0. The van der Waals surface area contributed by atoms with Gasteiger partial charge in [-0.05, 0) is 30.0 Å². The first-order chi connectivity index (χ1) is 12.0. The second-order valence-corrected chi connectivity index (χ2v) is 7.89. The summed E-state index contributed by atoms with van der Waals surface area (Å²) < 4.78 is 0. The predicted molar refractivity (Wildman–Crippen MR) is 103 cm³/mol. The van der Waals surface area contributed by atoms with Gasteiger partial charge in [0.15, 0.2) is 0 Å². The third kappa shape index (κ3) is 7.44. The van der Waals surface area contributed by atoms with Crippen LogP contribution in [0.2, 0.25) is 5.02 Å². The summed E-state index contributed by atoms with van der Waals surface area (Å²) in [5.74, 6) is -1.83. The summed E-state index contributed by atoms with van der Waals surface area (Å²) in [5.41, 5.74) is 0.405. The summed E-state index contributed by atoms with van der Waals surface area (Å²) in [6.07, 6.45) is 2.19. The number of rotatable bonds is 8. The molecule has 0 aliphatic rings. The van der Waals surface area contributed by atoms with Gasteiger partial charge in [-0.1, -0.05) is 52.1 Å². The molecule has 26 heavy (non-hydrogen) atoms. The number of hydrogen-bond donors (Lipinski definition) is 3. The molecule has 0 aromatic heterocycles. The highest BCUT2D eigenvalue weighted by molar-refractivity contribution is 6.34. The van der Waals surface area contributed by atoms with E-state index in [0.29, 0.717) is 24.9 Å². The molecule has 0 unspecified atom stereocenters. The molecule has 0 spiro atoms. The highest BCUT2D eigenvalue weighted by Crippen LogP contribution is 2.23. The lowest BCUT2D eigenvalue weighted by Gasteiger charge is -2.18. The number of carbonyl (C=O) groups excluding carboxylic acids is 2. The highest BCUT2D eigenvalue weighted by Gasteiger charge is 2.22. The number of carbonyl (C=O) groups is 3. The van der Waals surface area contributed by atoms with E-state index >= 15 is 0 Å². The summed E-state index contributed by atoms with van der Waals surface area (Å²) in [6.45, 7) is 7.81. The van der Waals surface area contributed by atoms with Gasteiger partial charge >= 0.3 is 5.97 Å². The van der Waals surface area contributed by atoms with Crippen LogP contribution in [-0.2, 0) is 9.59 Å². The summed E-state index contributed by atoms with van der Waals surface area (Å²) in [7, 11) is 0. The van der Waals surface area contributed by atoms with E-state index in [1.165, 1.54) is 12.1 Å². The number of hydrogen-bond acceptors (Lipinski definition) is 3. The van der Waals surface area contributed by atoms with Crippen molar-refractivity contribution in [2.75, 3.05) is 5.32 Å². The average molecular weight is 383 g/mol. The van der Waals surface area contributed by atoms with Gasteiger partial charge in [0.05, 0.1) is 10.6 Å². The van der Waals surface area contributed by atoms with E-state index in [2.05, 4.69) is 10.6 Å². The normalized spacial score (nSPS) is 12.3. The monoisotopic (exact) mass is 382 g/mol. The first-order valence-electron chi connectivity index (χ1n) is 8.66. The summed E-state index contributed by atoms with van der Waals surface area (Å²) in [4.78, 5) is 35.8. The van der Waals surface area contributed by atoms with E-state index in [1.54, 1.807) is 6.07 Å². The zero-order valence-electron chi connectivity index (χ0n) is 15.7. The van der Waals surface area contributed by atoms with E-state index in [9.17, 15) is 19.5 Å². The molecule has 1 aromatic carbocycles. The fraction of sp³-hybridized carbons (Fsp3) is 0.526. The number of nitrogens with one attached hydrogen (secondary N) is 2. The van der Waals surface area contributed by atoms with E-state index in [1.807, 2.05) is 27.7 Å². The van der Waals surface area contributed by atoms with Gasteiger partial charge in [-0.15, -0.1) is 0 Å². The van der Waals surface area contributed by atoms with Crippen LogP contribution in [0.4, 0.5) is 5.69 Å². The molecule has 0 aliphatic carbocycles. The standard InChI is InChI=1S/C19H27ClN2O4/c1-5-6-7-15(18(25)26)22-17(24)13-10-12(8-9-14(13)20)21-16(23)11-19(2,3)4/h8-10,15H,5-7,11H2,1-4H3,(H,21,23)(H,22,24)(H,25,26)/t15-/m0/s1. The Hall–Kier alpha value is -2.08. The Kier molecular flexibility index (Phi) is 8.08. The number of aliphatic carboxylic acids is 1. The fourth-order valence-corrected chi connectivity index (χ4v) is 2.57. The molecule has 1 atom stereocenters. The molecule has 0 saturated carbocycles. The van der Waals surface area contributed by atoms with Gasteiger partial charge in [0.25, 0.3) is 5.91 Å². The van der Waals surface area contributed by atoms with E-state index in [0.717, 1.165) is 6.42 Å². The minimum atomic E-state index is -1.09. The third-order valence-corrected chi connectivity index (χ3v) is 3.96. The summed E-state index contributed by atoms with van der Waals surface area (Å²) >= 11 is 6.08. The first-order valence-corrected chi connectivity index (χ1v) is 9.04. The van der Waals surface area contributed by atoms with Gasteiger partial charge in [0, 0.05) is 12.1 Å². The van der Waals surface area contributed by atoms with Gasteiger partial charge in [0.2, 0.25) is 5.91 Å². The van der Waals surface area contributed by atoms with Crippen LogP contribution in [0.25, 0.3) is 0 Å². The van der Waals surface area contributed by atoms with Gasteiger partial charge < -0.3 is 15.7 Å². The van der Waals surface area contributed by atoms with Crippen molar-refractivity contribution in [2.45, 2.75) is 59.4 Å². The smallest absolute Gasteiger partial charge is 0.326 e. The van der Waals surface area contributed by atoms with Crippen LogP contribution < -0.4 is 10.6 Å². The van der Waals surface area contributed by atoms with Crippen LogP contribution in [0.15, 0.2) is 18.2 Å². The number of anilines is 1. The number of carboxylic acids is 1. The van der Waals surface area contributed by atoms with Gasteiger partial charge in [0.1, 0.15) is 6.04 Å². The quantitative estimate of drug-likeness (QED) is 0.631. The van der Waals surface area contributed by atoms with Crippen molar-refractivity contribution in [2.24, 2.45) is 5.41 Å².